The minimum Gasteiger partial charge on any atom is -0.376 e. The Morgan fingerprint density at radius 1 is 1.26 bits per heavy atom. The first-order valence-electron chi connectivity index (χ1n) is 10.2. The monoisotopic (exact) mass is 365 g/mol. The summed E-state index contributed by atoms with van der Waals surface area (Å²) in [5.41, 5.74) is 3.84. The quantitative estimate of drug-likeness (QED) is 0.879. The van der Waals surface area contributed by atoms with Crippen molar-refractivity contribution in [2.24, 2.45) is 0 Å². The van der Waals surface area contributed by atoms with Gasteiger partial charge in [-0.2, -0.15) is 0 Å². The van der Waals surface area contributed by atoms with Crippen molar-refractivity contribution in [1.82, 2.24) is 19.9 Å². The second kappa shape index (κ2) is 7.17. The van der Waals surface area contributed by atoms with Gasteiger partial charge >= 0.3 is 0 Å². The average molecular weight is 365 g/mol. The zero-order valence-electron chi connectivity index (χ0n) is 15.9. The van der Waals surface area contributed by atoms with Crippen LogP contribution in [0.2, 0.25) is 0 Å². The van der Waals surface area contributed by atoms with Crippen LogP contribution in [0.1, 0.15) is 54.4 Å². The van der Waals surface area contributed by atoms with E-state index in [-0.39, 0.29) is 0 Å². The molecule has 0 amide bonds. The van der Waals surface area contributed by atoms with Gasteiger partial charge in [0.25, 0.3) is 0 Å². The first kappa shape index (κ1) is 17.1. The van der Waals surface area contributed by atoms with Crippen molar-refractivity contribution in [2.75, 3.05) is 18.5 Å². The number of rotatable bonds is 5. The smallest absolute Gasteiger partial charge is 0.134 e. The number of aromatic nitrogens is 3. The number of nitrogens with zero attached hydrogens (tertiary/aromatic N) is 4. The molecule has 2 aromatic rings. The molecule has 1 N–H and O–H groups in total. The molecule has 3 aliphatic heterocycles. The average Bonchev–Trinajstić information content (AvgIpc) is 3.28. The zero-order chi connectivity index (χ0) is 18.2. The van der Waals surface area contributed by atoms with Gasteiger partial charge in [-0.25, -0.2) is 9.97 Å². The lowest BCUT2D eigenvalue weighted by molar-refractivity contribution is 0.120. The molecule has 2 saturated heterocycles. The molecule has 3 aliphatic rings. The molecule has 0 spiro atoms. The lowest BCUT2D eigenvalue weighted by Gasteiger charge is -2.36. The first-order valence-corrected chi connectivity index (χ1v) is 10.2. The molecule has 2 aromatic heterocycles. The Balaban J connectivity index is 1.42. The summed E-state index contributed by atoms with van der Waals surface area (Å²) in [6.07, 6.45) is 9.86. The first-order chi connectivity index (χ1) is 13.3. The molecule has 0 aromatic carbocycles. The Labute approximate surface area is 160 Å². The van der Waals surface area contributed by atoms with Gasteiger partial charge in [0.2, 0.25) is 0 Å². The topological polar surface area (TPSA) is 63.2 Å². The van der Waals surface area contributed by atoms with Gasteiger partial charge in [-0.05, 0) is 44.2 Å². The van der Waals surface area contributed by atoms with E-state index in [0.717, 1.165) is 50.6 Å². The summed E-state index contributed by atoms with van der Waals surface area (Å²) in [7, 11) is 0. The summed E-state index contributed by atoms with van der Waals surface area (Å²) >= 11 is 0. The van der Waals surface area contributed by atoms with Crippen molar-refractivity contribution in [3.8, 4) is 0 Å². The van der Waals surface area contributed by atoms with Crippen molar-refractivity contribution in [3.05, 3.63) is 47.2 Å². The maximum atomic E-state index is 5.79. The predicted molar refractivity (Wildman–Crippen MR) is 103 cm³/mol. The van der Waals surface area contributed by atoms with Crippen LogP contribution in [0.25, 0.3) is 0 Å². The van der Waals surface area contributed by atoms with Crippen molar-refractivity contribution < 1.29 is 4.74 Å². The molecular weight excluding hydrogens is 338 g/mol. The summed E-state index contributed by atoms with van der Waals surface area (Å²) in [6.45, 7) is 4.67. The number of anilines is 1. The largest absolute Gasteiger partial charge is 0.376 e. The van der Waals surface area contributed by atoms with E-state index >= 15 is 0 Å². The van der Waals surface area contributed by atoms with Gasteiger partial charge in [0, 0.05) is 56.2 Å². The van der Waals surface area contributed by atoms with Crippen LogP contribution in [0.5, 0.6) is 0 Å². The Bertz CT molecular complexity index is 806. The highest BCUT2D eigenvalue weighted by Gasteiger charge is 2.42. The molecule has 142 valence electrons. The van der Waals surface area contributed by atoms with Crippen LogP contribution in [-0.2, 0) is 17.7 Å². The molecule has 6 nitrogen and oxygen atoms in total. The van der Waals surface area contributed by atoms with Crippen LogP contribution in [-0.4, -0.2) is 45.1 Å². The van der Waals surface area contributed by atoms with Gasteiger partial charge in [0.1, 0.15) is 11.6 Å². The van der Waals surface area contributed by atoms with Gasteiger partial charge in [-0.15, -0.1) is 0 Å². The normalized spacial score (nSPS) is 26.9. The van der Waals surface area contributed by atoms with E-state index in [0.29, 0.717) is 18.2 Å². The number of nitrogens with one attached hydrogen (secondary N) is 1. The van der Waals surface area contributed by atoms with Gasteiger partial charge in [-0.1, -0.05) is 6.07 Å². The lowest BCUT2D eigenvalue weighted by Crippen LogP contribution is -2.38. The second-order valence-electron chi connectivity index (χ2n) is 7.98. The molecule has 5 rings (SSSR count). The van der Waals surface area contributed by atoms with E-state index in [4.69, 9.17) is 14.7 Å². The minimum atomic E-state index is 0.308. The molecule has 0 aliphatic carbocycles. The summed E-state index contributed by atoms with van der Waals surface area (Å²) in [6, 6.07) is 5.16. The third-order valence-corrected chi connectivity index (χ3v) is 6.15. The van der Waals surface area contributed by atoms with Crippen LogP contribution in [0.15, 0.2) is 24.5 Å². The molecule has 27 heavy (non-hydrogen) atoms. The van der Waals surface area contributed by atoms with Gasteiger partial charge in [0.15, 0.2) is 0 Å². The van der Waals surface area contributed by atoms with Crippen molar-refractivity contribution in [3.63, 3.8) is 0 Å². The van der Waals surface area contributed by atoms with Gasteiger partial charge < -0.3 is 10.1 Å². The molecular formula is C21H27N5O. The number of hydrogen-bond acceptors (Lipinski definition) is 6. The Morgan fingerprint density at radius 2 is 2.22 bits per heavy atom. The van der Waals surface area contributed by atoms with E-state index in [2.05, 4.69) is 21.3 Å². The maximum Gasteiger partial charge on any atom is 0.134 e. The molecule has 0 saturated carbocycles. The fourth-order valence-corrected chi connectivity index (χ4v) is 4.93. The van der Waals surface area contributed by atoms with Gasteiger partial charge in [-0.3, -0.25) is 9.88 Å². The Morgan fingerprint density at radius 3 is 3.04 bits per heavy atom. The number of pyridine rings is 1. The van der Waals surface area contributed by atoms with E-state index in [1.165, 1.54) is 29.7 Å². The Hall–Kier alpha value is -2.05. The molecule has 5 heterocycles. The fourth-order valence-electron chi connectivity index (χ4n) is 4.93. The van der Waals surface area contributed by atoms with Crippen molar-refractivity contribution in [2.45, 2.75) is 63.8 Å². The standard InChI is InChI=1S/C21H27N5O/c1-14-24-18-10-16-6-7-19(26(16)13-15-4-2-8-22-11-15)20(18)21(25-14)23-12-17-5-3-9-27-17/h2,4,8,11,16-17,19H,3,5-7,9-10,12-13H2,1H3,(H,23,24,25). The molecule has 3 unspecified atom stereocenters. The highest BCUT2D eigenvalue weighted by Crippen LogP contribution is 2.46. The minimum absolute atomic E-state index is 0.308. The van der Waals surface area contributed by atoms with E-state index < -0.39 is 0 Å². The summed E-state index contributed by atoms with van der Waals surface area (Å²) in [5.74, 6) is 1.89. The van der Waals surface area contributed by atoms with Crippen molar-refractivity contribution in [1.29, 1.82) is 0 Å². The summed E-state index contributed by atoms with van der Waals surface area (Å²) in [5, 5.41) is 3.61. The summed E-state index contributed by atoms with van der Waals surface area (Å²) < 4.78 is 5.79. The van der Waals surface area contributed by atoms with Crippen LogP contribution >= 0.6 is 0 Å². The number of hydrogen-bond donors (Lipinski definition) is 1. The summed E-state index contributed by atoms with van der Waals surface area (Å²) in [4.78, 5) is 16.5. The van der Waals surface area contributed by atoms with E-state index in [9.17, 15) is 0 Å². The fraction of sp³-hybridized carbons (Fsp3) is 0.571. The molecule has 2 fully saturated rings. The number of fused-ring (bicyclic) bond motifs is 4. The SMILES string of the molecule is Cc1nc2c(c(NCC3CCCO3)n1)C1CCC(C2)N1Cc1cccnc1. The van der Waals surface area contributed by atoms with Crippen LogP contribution < -0.4 is 5.32 Å². The van der Waals surface area contributed by atoms with E-state index in [1.807, 2.05) is 25.4 Å². The highest BCUT2D eigenvalue weighted by atomic mass is 16.5. The van der Waals surface area contributed by atoms with Crippen LogP contribution in [0.3, 0.4) is 0 Å². The molecule has 2 bridgehead atoms. The highest BCUT2D eigenvalue weighted by molar-refractivity contribution is 5.51. The molecule has 6 heteroatoms. The second-order valence-corrected chi connectivity index (χ2v) is 7.98. The van der Waals surface area contributed by atoms with E-state index in [1.54, 1.807) is 0 Å². The zero-order valence-corrected chi connectivity index (χ0v) is 15.9. The predicted octanol–water partition coefficient (Wildman–Crippen LogP) is 3.03. The van der Waals surface area contributed by atoms with Gasteiger partial charge in [0.05, 0.1) is 11.8 Å². The molecule has 0 radical (unpaired) electrons. The lowest BCUT2D eigenvalue weighted by atomic mass is 9.97. The number of aryl methyl sites for hydroxylation is 1. The third-order valence-electron chi connectivity index (χ3n) is 6.15. The van der Waals surface area contributed by atoms with Crippen LogP contribution in [0, 0.1) is 6.92 Å². The Kier molecular flexibility index (Phi) is 4.53. The molecule has 3 atom stereocenters. The third kappa shape index (κ3) is 3.32. The van der Waals surface area contributed by atoms with Crippen molar-refractivity contribution >= 4 is 5.82 Å². The number of ether oxygens (including phenoxy) is 1. The maximum absolute atomic E-state index is 5.79. The van der Waals surface area contributed by atoms with Crippen LogP contribution in [0.4, 0.5) is 5.82 Å².